The number of hydrogen-bond acceptors (Lipinski definition) is 7. The van der Waals surface area contributed by atoms with Crippen LogP contribution in [0.1, 0.15) is 10.5 Å². The Bertz CT molecular complexity index is 744. The first kappa shape index (κ1) is 19.1. The normalized spacial score (nSPS) is 14.6. The van der Waals surface area contributed by atoms with Crippen molar-refractivity contribution in [3.05, 3.63) is 42.4 Å². The average Bonchev–Trinajstić information content (AvgIpc) is 2.69. The lowest BCUT2D eigenvalue weighted by Gasteiger charge is -2.26. The van der Waals surface area contributed by atoms with Crippen molar-refractivity contribution in [2.75, 3.05) is 69.0 Å². The Labute approximate surface area is 159 Å². The molecule has 2 aromatic rings. The van der Waals surface area contributed by atoms with Crippen LogP contribution in [0, 0.1) is 0 Å². The Morgan fingerprint density at radius 2 is 1.93 bits per heavy atom. The summed E-state index contributed by atoms with van der Waals surface area (Å²) in [5.41, 5.74) is 2.13. The molecule has 0 aliphatic carbocycles. The van der Waals surface area contributed by atoms with E-state index in [2.05, 4.69) is 25.5 Å². The van der Waals surface area contributed by atoms with E-state index in [-0.39, 0.29) is 5.91 Å². The molecule has 1 aliphatic rings. The standard InChI is InChI=1S/C19H26N6O2/c1-24(2)16-5-3-15(4-6-16)23-19(26)17-13-18(22-14-21-17)20-7-8-25-9-11-27-12-10-25/h3-6,13-14H,7-12H2,1-2H3,(H,23,26)(H,20,21,22). The van der Waals surface area contributed by atoms with E-state index in [1.807, 2.05) is 43.3 Å². The first-order chi connectivity index (χ1) is 13.1. The molecule has 2 heterocycles. The fourth-order valence-corrected chi connectivity index (χ4v) is 2.78. The van der Waals surface area contributed by atoms with E-state index < -0.39 is 0 Å². The molecule has 0 radical (unpaired) electrons. The first-order valence-electron chi connectivity index (χ1n) is 9.06. The van der Waals surface area contributed by atoms with E-state index in [4.69, 9.17) is 4.74 Å². The zero-order chi connectivity index (χ0) is 19.1. The number of aromatic nitrogens is 2. The second-order valence-corrected chi connectivity index (χ2v) is 6.56. The maximum absolute atomic E-state index is 12.4. The van der Waals surface area contributed by atoms with Crippen LogP contribution in [0.2, 0.25) is 0 Å². The minimum atomic E-state index is -0.258. The highest BCUT2D eigenvalue weighted by atomic mass is 16.5. The number of benzene rings is 1. The van der Waals surface area contributed by atoms with Crippen molar-refractivity contribution in [3.8, 4) is 0 Å². The van der Waals surface area contributed by atoms with Crippen molar-refractivity contribution in [2.24, 2.45) is 0 Å². The molecule has 144 valence electrons. The van der Waals surface area contributed by atoms with Gasteiger partial charge in [0.05, 0.1) is 13.2 Å². The van der Waals surface area contributed by atoms with E-state index >= 15 is 0 Å². The lowest BCUT2D eigenvalue weighted by atomic mass is 10.2. The number of anilines is 3. The fourth-order valence-electron chi connectivity index (χ4n) is 2.78. The summed E-state index contributed by atoms with van der Waals surface area (Å²) < 4.78 is 5.34. The number of hydrogen-bond donors (Lipinski definition) is 2. The number of morpholine rings is 1. The molecular formula is C19H26N6O2. The Kier molecular flexibility index (Phi) is 6.56. The van der Waals surface area contributed by atoms with Crippen LogP contribution in [0.15, 0.2) is 36.7 Å². The van der Waals surface area contributed by atoms with Crippen molar-refractivity contribution < 1.29 is 9.53 Å². The minimum Gasteiger partial charge on any atom is -0.379 e. The molecule has 2 N–H and O–H groups in total. The third-order valence-corrected chi connectivity index (χ3v) is 4.38. The zero-order valence-electron chi connectivity index (χ0n) is 15.8. The largest absolute Gasteiger partial charge is 0.379 e. The van der Waals surface area contributed by atoms with Gasteiger partial charge in [-0.2, -0.15) is 0 Å². The van der Waals surface area contributed by atoms with E-state index in [1.54, 1.807) is 6.07 Å². The highest BCUT2D eigenvalue weighted by molar-refractivity contribution is 6.03. The lowest BCUT2D eigenvalue weighted by Crippen LogP contribution is -2.39. The van der Waals surface area contributed by atoms with E-state index in [0.29, 0.717) is 11.5 Å². The number of carbonyl (C=O) groups is 1. The molecule has 27 heavy (non-hydrogen) atoms. The second kappa shape index (κ2) is 9.29. The topological polar surface area (TPSA) is 82.6 Å². The van der Waals surface area contributed by atoms with Gasteiger partial charge in [0.15, 0.2) is 0 Å². The van der Waals surface area contributed by atoms with E-state index in [9.17, 15) is 4.79 Å². The predicted molar refractivity (Wildman–Crippen MR) is 107 cm³/mol. The Hall–Kier alpha value is -2.71. The van der Waals surface area contributed by atoms with Crippen molar-refractivity contribution >= 4 is 23.1 Å². The highest BCUT2D eigenvalue weighted by Crippen LogP contribution is 2.16. The Morgan fingerprint density at radius 3 is 2.63 bits per heavy atom. The molecule has 0 spiro atoms. The van der Waals surface area contributed by atoms with Crippen molar-refractivity contribution in [1.82, 2.24) is 14.9 Å². The maximum Gasteiger partial charge on any atom is 0.274 e. The maximum atomic E-state index is 12.4. The van der Waals surface area contributed by atoms with Gasteiger partial charge in [-0.3, -0.25) is 9.69 Å². The van der Waals surface area contributed by atoms with Gasteiger partial charge in [-0.1, -0.05) is 0 Å². The van der Waals surface area contributed by atoms with Crippen molar-refractivity contribution in [3.63, 3.8) is 0 Å². The van der Waals surface area contributed by atoms with Crippen LogP contribution in [0.5, 0.6) is 0 Å². The summed E-state index contributed by atoms with van der Waals surface area (Å²) in [5.74, 6) is 0.387. The summed E-state index contributed by atoms with van der Waals surface area (Å²) in [7, 11) is 3.95. The minimum absolute atomic E-state index is 0.258. The molecule has 0 saturated carbocycles. The average molecular weight is 370 g/mol. The molecule has 1 aromatic heterocycles. The molecule has 3 rings (SSSR count). The fraction of sp³-hybridized carbons (Fsp3) is 0.421. The Balaban J connectivity index is 1.53. The van der Waals surface area contributed by atoms with Crippen molar-refractivity contribution in [1.29, 1.82) is 0 Å². The molecule has 8 nitrogen and oxygen atoms in total. The summed E-state index contributed by atoms with van der Waals surface area (Å²) in [6, 6.07) is 9.32. The second-order valence-electron chi connectivity index (χ2n) is 6.56. The number of carbonyl (C=O) groups excluding carboxylic acids is 1. The summed E-state index contributed by atoms with van der Waals surface area (Å²) in [6.45, 7) is 5.13. The number of nitrogens with zero attached hydrogens (tertiary/aromatic N) is 4. The van der Waals surface area contributed by atoms with Gasteiger partial charge in [0.2, 0.25) is 0 Å². The van der Waals surface area contributed by atoms with Gasteiger partial charge < -0.3 is 20.3 Å². The molecule has 8 heteroatoms. The van der Waals surface area contributed by atoms with Gasteiger partial charge in [0, 0.05) is 57.7 Å². The number of rotatable bonds is 7. The summed E-state index contributed by atoms with van der Waals surface area (Å²) in [5, 5.41) is 6.11. The third kappa shape index (κ3) is 5.63. The van der Waals surface area contributed by atoms with Gasteiger partial charge in [-0.05, 0) is 24.3 Å². The van der Waals surface area contributed by atoms with Gasteiger partial charge in [-0.15, -0.1) is 0 Å². The van der Waals surface area contributed by atoms with Gasteiger partial charge >= 0.3 is 0 Å². The molecule has 0 bridgehead atoms. The molecular weight excluding hydrogens is 344 g/mol. The van der Waals surface area contributed by atoms with Crippen LogP contribution in [-0.4, -0.2) is 74.3 Å². The van der Waals surface area contributed by atoms with Crippen LogP contribution >= 0.6 is 0 Å². The SMILES string of the molecule is CN(C)c1ccc(NC(=O)c2cc(NCCN3CCOCC3)ncn2)cc1. The zero-order valence-corrected chi connectivity index (χ0v) is 15.8. The van der Waals surface area contributed by atoms with Crippen molar-refractivity contribution in [2.45, 2.75) is 0 Å². The summed E-state index contributed by atoms with van der Waals surface area (Å²) >= 11 is 0. The van der Waals surface area contributed by atoms with Crippen LogP contribution in [0.25, 0.3) is 0 Å². The number of ether oxygens (including phenoxy) is 1. The number of nitrogens with one attached hydrogen (secondary N) is 2. The molecule has 1 aromatic carbocycles. The first-order valence-corrected chi connectivity index (χ1v) is 9.06. The van der Waals surface area contributed by atoms with Gasteiger partial charge in [-0.25, -0.2) is 9.97 Å². The lowest BCUT2D eigenvalue weighted by molar-refractivity contribution is 0.0398. The molecule has 0 atom stereocenters. The summed E-state index contributed by atoms with van der Waals surface area (Å²) in [6.07, 6.45) is 1.40. The van der Waals surface area contributed by atoms with E-state index in [1.165, 1.54) is 6.33 Å². The van der Waals surface area contributed by atoms with Crippen LogP contribution in [0.3, 0.4) is 0 Å². The van der Waals surface area contributed by atoms with Gasteiger partial charge in [0.1, 0.15) is 17.8 Å². The van der Waals surface area contributed by atoms with Crippen LogP contribution in [0.4, 0.5) is 17.2 Å². The molecule has 1 aliphatic heterocycles. The predicted octanol–water partition coefficient (Wildman–Crippen LogP) is 1.54. The molecule has 1 saturated heterocycles. The number of amides is 1. The molecule has 0 unspecified atom stereocenters. The monoisotopic (exact) mass is 370 g/mol. The third-order valence-electron chi connectivity index (χ3n) is 4.38. The smallest absolute Gasteiger partial charge is 0.274 e. The Morgan fingerprint density at radius 1 is 1.19 bits per heavy atom. The summed E-state index contributed by atoms with van der Waals surface area (Å²) in [4.78, 5) is 25.1. The molecule has 1 amide bonds. The highest BCUT2D eigenvalue weighted by Gasteiger charge is 2.11. The van der Waals surface area contributed by atoms with E-state index in [0.717, 1.165) is 50.8 Å². The quantitative estimate of drug-likeness (QED) is 0.765. The van der Waals surface area contributed by atoms with Crippen LogP contribution < -0.4 is 15.5 Å². The molecule has 1 fully saturated rings. The van der Waals surface area contributed by atoms with Crippen LogP contribution in [-0.2, 0) is 4.74 Å². The van der Waals surface area contributed by atoms with Gasteiger partial charge in [0.25, 0.3) is 5.91 Å².